The van der Waals surface area contributed by atoms with Crippen LogP contribution in [0.25, 0.3) is 5.57 Å². The van der Waals surface area contributed by atoms with Gasteiger partial charge in [-0.2, -0.15) is 16.8 Å². The highest BCUT2D eigenvalue weighted by Crippen LogP contribution is 2.33. The van der Waals surface area contributed by atoms with E-state index in [0.29, 0.717) is 12.5 Å². The minimum Gasteiger partial charge on any atom is -0.309 e. The lowest BCUT2D eigenvalue weighted by Gasteiger charge is -2.13. The predicted molar refractivity (Wildman–Crippen MR) is 125 cm³/mol. The van der Waals surface area contributed by atoms with E-state index in [2.05, 4.69) is 73.6 Å². The molecule has 2 N–H and O–H groups in total. The maximum absolute atomic E-state index is 9.19. The van der Waals surface area contributed by atoms with Crippen LogP contribution in [-0.4, -0.2) is 64.0 Å². The first kappa shape index (κ1) is 27.0. The van der Waals surface area contributed by atoms with Crippen LogP contribution >= 0.6 is 0 Å². The molecule has 0 atom stereocenters. The molecule has 0 fully saturated rings. The molecule has 31 heavy (non-hydrogen) atoms. The quantitative estimate of drug-likeness (QED) is 0.664. The molecule has 1 aliphatic carbocycles. The lowest BCUT2D eigenvalue weighted by atomic mass is 9.93. The van der Waals surface area contributed by atoms with Gasteiger partial charge in [0.25, 0.3) is 20.2 Å². The summed E-state index contributed by atoms with van der Waals surface area (Å²) in [5, 5.41) is 0. The minimum atomic E-state index is -3.67. The molecule has 0 spiro atoms. The van der Waals surface area contributed by atoms with Gasteiger partial charge in [-0.25, -0.2) is 0 Å². The van der Waals surface area contributed by atoms with Gasteiger partial charge in [0.1, 0.15) is 0 Å². The maximum atomic E-state index is 9.19. The summed E-state index contributed by atoms with van der Waals surface area (Å²) in [6, 6.07) is 17.7. The molecular formula is C22H31NO6S2. The lowest BCUT2D eigenvalue weighted by Crippen LogP contribution is -2.12. The van der Waals surface area contributed by atoms with Crippen molar-refractivity contribution in [1.82, 2.24) is 4.90 Å². The van der Waals surface area contributed by atoms with Crippen LogP contribution in [0.1, 0.15) is 28.7 Å². The Morgan fingerprint density at radius 3 is 1.52 bits per heavy atom. The summed E-state index contributed by atoms with van der Waals surface area (Å²) in [5.41, 5.74) is 7.21. The van der Waals surface area contributed by atoms with E-state index in [1.807, 2.05) is 0 Å². The molecule has 0 unspecified atom stereocenters. The number of nitrogens with zero attached hydrogens (tertiary/aromatic N) is 1. The van der Waals surface area contributed by atoms with E-state index in [-0.39, 0.29) is 0 Å². The smallest absolute Gasteiger partial charge is 0.261 e. The molecule has 1 aliphatic rings. The average Bonchev–Trinajstić information content (AvgIpc) is 2.76. The van der Waals surface area contributed by atoms with Gasteiger partial charge in [-0.15, -0.1) is 0 Å². The van der Waals surface area contributed by atoms with Gasteiger partial charge >= 0.3 is 0 Å². The number of aryl methyl sites for hydroxylation is 2. The highest BCUT2D eigenvalue weighted by Gasteiger charge is 2.16. The summed E-state index contributed by atoms with van der Waals surface area (Å²) in [4.78, 5) is 2.24. The van der Waals surface area contributed by atoms with Gasteiger partial charge < -0.3 is 4.90 Å². The normalized spacial score (nSPS) is 12.9. The predicted octanol–water partition coefficient (Wildman–Crippen LogP) is 3.18. The van der Waals surface area contributed by atoms with E-state index in [9.17, 15) is 16.8 Å². The van der Waals surface area contributed by atoms with Crippen LogP contribution in [0, 0.1) is 0 Å². The van der Waals surface area contributed by atoms with E-state index in [1.165, 1.54) is 27.8 Å². The Labute approximate surface area is 185 Å². The first-order chi connectivity index (χ1) is 14.3. The number of hydrogen-bond acceptors (Lipinski definition) is 5. The first-order valence-corrected chi connectivity index (χ1v) is 13.3. The Morgan fingerprint density at radius 1 is 0.806 bits per heavy atom. The van der Waals surface area contributed by atoms with E-state index in [4.69, 9.17) is 9.11 Å². The van der Waals surface area contributed by atoms with Gasteiger partial charge in [0, 0.05) is 6.54 Å². The van der Waals surface area contributed by atoms with E-state index < -0.39 is 20.2 Å². The summed E-state index contributed by atoms with van der Waals surface area (Å²) in [6.45, 7) is 1.09. The number of fused-ring (bicyclic) bond motifs is 2. The first-order valence-electron chi connectivity index (χ1n) is 9.62. The molecule has 9 heteroatoms. The van der Waals surface area contributed by atoms with Crippen LogP contribution in [0.3, 0.4) is 0 Å². The molecule has 0 heterocycles. The fourth-order valence-corrected chi connectivity index (χ4v) is 3.10. The fraction of sp³-hybridized carbons (Fsp3) is 0.364. The molecule has 0 amide bonds. The summed E-state index contributed by atoms with van der Waals surface area (Å²) >= 11 is 0. The molecule has 0 saturated carbocycles. The van der Waals surface area contributed by atoms with Crippen molar-refractivity contribution < 1.29 is 25.9 Å². The Kier molecular flexibility index (Phi) is 10.5. The average molecular weight is 470 g/mol. The topological polar surface area (TPSA) is 112 Å². The van der Waals surface area contributed by atoms with Crippen LogP contribution in [0.15, 0.2) is 54.6 Å². The molecule has 2 aromatic carbocycles. The van der Waals surface area contributed by atoms with Gasteiger partial charge in [-0.05, 0) is 61.2 Å². The fourth-order valence-electron chi connectivity index (χ4n) is 3.10. The molecule has 0 aliphatic heterocycles. The molecule has 2 aromatic rings. The summed E-state index contributed by atoms with van der Waals surface area (Å²) in [7, 11) is -3.07. The van der Waals surface area contributed by atoms with E-state index >= 15 is 0 Å². The zero-order valence-electron chi connectivity index (χ0n) is 18.3. The third-order valence-electron chi connectivity index (χ3n) is 4.20. The van der Waals surface area contributed by atoms with Crippen molar-refractivity contribution in [1.29, 1.82) is 0 Å². The standard InChI is InChI=1S/C20H23N.2CH4O3S/c1-21(2)15-7-12-20-18-10-5-3-8-16(18)13-14-17-9-4-6-11-19(17)20;2*1-5(2,3)4/h3-6,8-12H,7,13-15H2,1-2H3;2*1H3,(H,2,3,4). The second kappa shape index (κ2) is 12.1. The van der Waals surface area contributed by atoms with Crippen LogP contribution in [0.2, 0.25) is 0 Å². The zero-order chi connectivity index (χ0) is 23.7. The molecule has 0 aromatic heterocycles. The second-order valence-electron chi connectivity index (χ2n) is 7.49. The van der Waals surface area contributed by atoms with Crippen LogP contribution < -0.4 is 0 Å². The number of rotatable bonds is 3. The van der Waals surface area contributed by atoms with Gasteiger partial charge in [-0.3, -0.25) is 9.11 Å². The summed E-state index contributed by atoms with van der Waals surface area (Å²) in [5.74, 6) is 0. The highest BCUT2D eigenvalue weighted by atomic mass is 32.2. The summed E-state index contributed by atoms with van der Waals surface area (Å²) < 4.78 is 51.7. The van der Waals surface area contributed by atoms with Crippen LogP contribution in [-0.2, 0) is 33.1 Å². The molecule has 0 saturated heterocycles. The van der Waals surface area contributed by atoms with Crippen molar-refractivity contribution in [2.45, 2.75) is 19.3 Å². The Bertz CT molecular complexity index is 995. The van der Waals surface area contributed by atoms with Gasteiger partial charge in [0.05, 0.1) is 12.5 Å². The maximum Gasteiger partial charge on any atom is 0.261 e. The molecule has 0 bridgehead atoms. The molecule has 0 radical (unpaired) electrons. The van der Waals surface area contributed by atoms with Gasteiger partial charge in [0.15, 0.2) is 0 Å². The zero-order valence-corrected chi connectivity index (χ0v) is 19.9. The Hall–Kier alpha value is -2.04. The third-order valence-corrected chi connectivity index (χ3v) is 4.20. The van der Waals surface area contributed by atoms with E-state index in [1.54, 1.807) is 0 Å². The van der Waals surface area contributed by atoms with Crippen molar-refractivity contribution in [3.05, 3.63) is 76.9 Å². The molecule has 7 nitrogen and oxygen atoms in total. The number of hydrogen-bond donors (Lipinski definition) is 2. The van der Waals surface area contributed by atoms with Crippen LogP contribution in [0.4, 0.5) is 0 Å². The van der Waals surface area contributed by atoms with Crippen molar-refractivity contribution in [2.75, 3.05) is 33.2 Å². The number of benzene rings is 2. The van der Waals surface area contributed by atoms with Crippen LogP contribution in [0.5, 0.6) is 0 Å². The van der Waals surface area contributed by atoms with Gasteiger partial charge in [-0.1, -0.05) is 54.6 Å². The van der Waals surface area contributed by atoms with Crippen molar-refractivity contribution in [3.63, 3.8) is 0 Å². The third kappa shape index (κ3) is 12.4. The van der Waals surface area contributed by atoms with Crippen molar-refractivity contribution >= 4 is 25.8 Å². The minimum absolute atomic E-state index is 0.715. The molecule has 3 rings (SSSR count). The molecule has 172 valence electrons. The Morgan fingerprint density at radius 2 is 1.16 bits per heavy atom. The molecular weight excluding hydrogens is 438 g/mol. The highest BCUT2D eigenvalue weighted by molar-refractivity contribution is 7.85. The largest absolute Gasteiger partial charge is 0.309 e. The van der Waals surface area contributed by atoms with Crippen molar-refractivity contribution in [2.24, 2.45) is 0 Å². The van der Waals surface area contributed by atoms with E-state index in [0.717, 1.165) is 25.8 Å². The summed E-state index contributed by atoms with van der Waals surface area (Å²) in [6.07, 6.45) is 7.21. The SMILES string of the molecule is CN(C)CCC=C1c2ccccc2CCc2ccccc21.CS(=O)(=O)O.CS(=O)(=O)O. The Balaban J connectivity index is 0.000000404. The second-order valence-corrected chi connectivity index (χ2v) is 10.4. The lowest BCUT2D eigenvalue weighted by molar-refractivity contribution is 0.417. The van der Waals surface area contributed by atoms with Crippen molar-refractivity contribution in [3.8, 4) is 0 Å². The van der Waals surface area contributed by atoms with Gasteiger partial charge in [0.2, 0.25) is 0 Å². The monoisotopic (exact) mass is 469 g/mol.